The van der Waals surface area contributed by atoms with Crippen molar-refractivity contribution >= 4 is 23.0 Å². The first kappa shape index (κ1) is 20.9. The molecule has 0 atom stereocenters. The number of benzene rings is 1. The number of aryl methyl sites for hydroxylation is 1. The molecule has 0 aliphatic carbocycles. The summed E-state index contributed by atoms with van der Waals surface area (Å²) in [5.41, 5.74) is 1.29. The number of halogens is 4. The second kappa shape index (κ2) is 8.66. The first-order chi connectivity index (χ1) is 13.7. The van der Waals surface area contributed by atoms with Gasteiger partial charge < -0.3 is 10.6 Å². The Labute approximate surface area is 168 Å². The maximum atomic E-state index is 12.8. The van der Waals surface area contributed by atoms with Crippen LogP contribution in [0.15, 0.2) is 49.1 Å². The fraction of sp³-hybridized carbons (Fsp3) is 0.211. The lowest BCUT2D eigenvalue weighted by atomic mass is 10.1. The van der Waals surface area contributed by atoms with Gasteiger partial charge in [-0.05, 0) is 36.2 Å². The monoisotopic (exact) mass is 423 g/mol. The summed E-state index contributed by atoms with van der Waals surface area (Å²) in [5, 5.41) is 6.49. The topological polar surface area (TPSA) is 62.7 Å². The summed E-state index contributed by atoms with van der Waals surface area (Å²) in [5.74, 6) is -0.593. The summed E-state index contributed by atoms with van der Waals surface area (Å²) in [6, 6.07) is 6.32. The third-order valence-electron chi connectivity index (χ3n) is 3.71. The molecular weight excluding hydrogens is 406 g/mol. The van der Waals surface area contributed by atoms with Gasteiger partial charge in [-0.15, -0.1) is 11.3 Å². The van der Waals surface area contributed by atoms with Crippen LogP contribution in [0, 0.1) is 6.92 Å². The minimum Gasteiger partial charge on any atom is -0.324 e. The molecule has 152 valence electrons. The molecule has 0 aliphatic heterocycles. The number of nitrogens with zero attached hydrogens (tertiary/aromatic N) is 3. The van der Waals surface area contributed by atoms with Crippen molar-refractivity contribution in [3.8, 4) is 10.4 Å². The van der Waals surface area contributed by atoms with Gasteiger partial charge in [-0.3, -0.25) is 0 Å². The van der Waals surface area contributed by atoms with Gasteiger partial charge >= 0.3 is 6.18 Å². The van der Waals surface area contributed by atoms with E-state index in [0.717, 1.165) is 33.3 Å². The van der Waals surface area contributed by atoms with Gasteiger partial charge in [-0.1, -0.05) is 12.6 Å². The summed E-state index contributed by atoms with van der Waals surface area (Å²) in [6.45, 7) is 5.52. The quantitative estimate of drug-likeness (QED) is 0.509. The molecule has 10 heteroatoms. The van der Waals surface area contributed by atoms with Gasteiger partial charge in [0.1, 0.15) is 16.5 Å². The van der Waals surface area contributed by atoms with E-state index in [2.05, 4.69) is 32.2 Å². The fourth-order valence-electron chi connectivity index (χ4n) is 2.53. The second-order valence-corrected chi connectivity index (χ2v) is 7.33. The number of aromatic nitrogens is 3. The van der Waals surface area contributed by atoms with Crippen LogP contribution >= 0.6 is 11.3 Å². The zero-order valence-corrected chi connectivity index (χ0v) is 16.2. The molecule has 0 radical (unpaired) electrons. The average molecular weight is 423 g/mol. The molecule has 1 aromatic carbocycles. The zero-order valence-electron chi connectivity index (χ0n) is 15.3. The number of nitrogens with one attached hydrogen (secondary N) is 2. The minimum absolute atomic E-state index is 0.0599. The molecule has 0 amide bonds. The average Bonchev–Trinajstić information content (AvgIpc) is 3.09. The van der Waals surface area contributed by atoms with Crippen molar-refractivity contribution in [2.75, 3.05) is 11.9 Å². The molecule has 2 heterocycles. The summed E-state index contributed by atoms with van der Waals surface area (Å²) in [6.07, 6.45) is -1.78. The third kappa shape index (κ3) is 5.81. The molecule has 29 heavy (non-hydrogen) atoms. The maximum Gasteiger partial charge on any atom is 0.433 e. The van der Waals surface area contributed by atoms with Gasteiger partial charge in [-0.2, -0.15) is 13.2 Å². The number of thiazole rings is 1. The SMILES string of the molecule is C=C(F)CNCc1ncc(-c2cc(C)cc(Nc3nccc(C(F)(F)F)n3)c2)s1. The number of anilines is 2. The number of alkyl halides is 3. The predicted molar refractivity (Wildman–Crippen MR) is 105 cm³/mol. The van der Waals surface area contributed by atoms with E-state index in [0.29, 0.717) is 12.2 Å². The lowest BCUT2D eigenvalue weighted by Crippen LogP contribution is -2.14. The Hall–Kier alpha value is -2.85. The van der Waals surface area contributed by atoms with E-state index >= 15 is 0 Å². The van der Waals surface area contributed by atoms with Crippen LogP contribution in [-0.4, -0.2) is 21.5 Å². The molecule has 2 N–H and O–H groups in total. The lowest BCUT2D eigenvalue weighted by molar-refractivity contribution is -0.141. The molecular formula is C19H17F4N5S. The van der Waals surface area contributed by atoms with E-state index in [4.69, 9.17) is 0 Å². The summed E-state index contributed by atoms with van der Waals surface area (Å²) in [7, 11) is 0. The van der Waals surface area contributed by atoms with Gasteiger partial charge in [0.05, 0.1) is 4.88 Å². The van der Waals surface area contributed by atoms with Crippen molar-refractivity contribution in [2.45, 2.75) is 19.6 Å². The van der Waals surface area contributed by atoms with Crippen LogP contribution in [0.3, 0.4) is 0 Å². The Balaban J connectivity index is 1.79. The minimum atomic E-state index is -4.54. The molecule has 0 saturated heterocycles. The maximum absolute atomic E-state index is 12.8. The highest BCUT2D eigenvalue weighted by atomic mass is 32.1. The van der Waals surface area contributed by atoms with Crippen molar-refractivity contribution in [3.05, 3.63) is 65.3 Å². The standard InChI is InChI=1S/C19H17F4N5S/c1-11-5-13(15-9-26-17(29-15)10-24-8-12(2)20)7-14(6-11)27-18-25-4-3-16(28-18)19(21,22)23/h3-7,9,24H,2,8,10H2,1H3,(H,25,27,28). The number of hydrogen-bond donors (Lipinski definition) is 2. The predicted octanol–water partition coefficient (Wildman–Crippen LogP) is 5.24. The Morgan fingerprint density at radius 1 is 1.21 bits per heavy atom. The first-order valence-corrected chi connectivity index (χ1v) is 9.30. The highest BCUT2D eigenvalue weighted by molar-refractivity contribution is 7.15. The normalized spacial score (nSPS) is 11.5. The Morgan fingerprint density at radius 2 is 2.00 bits per heavy atom. The van der Waals surface area contributed by atoms with E-state index in [-0.39, 0.29) is 12.5 Å². The van der Waals surface area contributed by atoms with Crippen LogP contribution < -0.4 is 10.6 Å². The molecule has 2 aromatic heterocycles. The Kier molecular flexibility index (Phi) is 6.23. The lowest BCUT2D eigenvalue weighted by Gasteiger charge is -2.10. The van der Waals surface area contributed by atoms with Crippen LogP contribution in [0.5, 0.6) is 0 Å². The first-order valence-electron chi connectivity index (χ1n) is 8.49. The largest absolute Gasteiger partial charge is 0.433 e. The molecule has 0 unspecified atom stereocenters. The highest BCUT2D eigenvalue weighted by Gasteiger charge is 2.32. The van der Waals surface area contributed by atoms with Gasteiger partial charge in [0, 0.05) is 31.2 Å². The summed E-state index contributed by atoms with van der Waals surface area (Å²) >= 11 is 1.43. The van der Waals surface area contributed by atoms with E-state index < -0.39 is 17.7 Å². The van der Waals surface area contributed by atoms with Crippen LogP contribution in [0.25, 0.3) is 10.4 Å². The summed E-state index contributed by atoms with van der Waals surface area (Å²) < 4.78 is 51.2. The molecule has 3 aromatic rings. The Bertz CT molecular complexity index is 1020. The van der Waals surface area contributed by atoms with Crippen molar-refractivity contribution in [1.29, 1.82) is 0 Å². The summed E-state index contributed by atoms with van der Waals surface area (Å²) in [4.78, 5) is 12.6. The van der Waals surface area contributed by atoms with Crippen LogP contribution in [0.2, 0.25) is 0 Å². The molecule has 0 bridgehead atoms. The molecule has 5 nitrogen and oxygen atoms in total. The van der Waals surface area contributed by atoms with Crippen molar-refractivity contribution in [3.63, 3.8) is 0 Å². The van der Waals surface area contributed by atoms with Crippen LogP contribution in [-0.2, 0) is 12.7 Å². The number of hydrogen-bond acceptors (Lipinski definition) is 6. The number of rotatable bonds is 7. The van der Waals surface area contributed by atoms with E-state index in [1.807, 2.05) is 13.0 Å². The van der Waals surface area contributed by atoms with Gasteiger partial charge in [0.25, 0.3) is 0 Å². The Morgan fingerprint density at radius 3 is 2.72 bits per heavy atom. The molecule has 0 spiro atoms. The molecule has 0 aliphatic rings. The van der Waals surface area contributed by atoms with Crippen molar-refractivity contribution in [2.24, 2.45) is 0 Å². The molecule has 0 fully saturated rings. The van der Waals surface area contributed by atoms with Gasteiger partial charge in [0.2, 0.25) is 5.95 Å². The second-order valence-electron chi connectivity index (χ2n) is 6.22. The fourth-order valence-corrected chi connectivity index (χ4v) is 3.41. The van der Waals surface area contributed by atoms with E-state index in [1.165, 1.54) is 11.3 Å². The van der Waals surface area contributed by atoms with Crippen LogP contribution in [0.1, 0.15) is 16.3 Å². The molecule has 0 saturated carbocycles. The van der Waals surface area contributed by atoms with Crippen LogP contribution in [0.4, 0.5) is 29.2 Å². The van der Waals surface area contributed by atoms with E-state index in [9.17, 15) is 17.6 Å². The molecule has 3 rings (SSSR count). The van der Waals surface area contributed by atoms with Gasteiger partial charge in [-0.25, -0.2) is 19.3 Å². The third-order valence-corrected chi connectivity index (χ3v) is 4.76. The van der Waals surface area contributed by atoms with Crippen molar-refractivity contribution < 1.29 is 17.6 Å². The highest BCUT2D eigenvalue weighted by Crippen LogP contribution is 2.31. The zero-order chi connectivity index (χ0) is 21.0. The smallest absolute Gasteiger partial charge is 0.324 e. The van der Waals surface area contributed by atoms with Crippen molar-refractivity contribution in [1.82, 2.24) is 20.3 Å². The van der Waals surface area contributed by atoms with Gasteiger partial charge in [0.15, 0.2) is 0 Å². The van der Waals surface area contributed by atoms with E-state index in [1.54, 1.807) is 18.3 Å².